The van der Waals surface area contributed by atoms with Gasteiger partial charge in [0.15, 0.2) is 5.78 Å². The van der Waals surface area contributed by atoms with Gasteiger partial charge in [0.05, 0.1) is 5.56 Å². The summed E-state index contributed by atoms with van der Waals surface area (Å²) in [5, 5.41) is 0. The van der Waals surface area contributed by atoms with Crippen molar-refractivity contribution in [2.24, 2.45) is 0 Å². The van der Waals surface area contributed by atoms with Crippen molar-refractivity contribution in [1.82, 2.24) is 0 Å². The van der Waals surface area contributed by atoms with Gasteiger partial charge in [0.25, 0.3) is 0 Å². The van der Waals surface area contributed by atoms with Gasteiger partial charge in [-0.05, 0) is 30.0 Å². The predicted octanol–water partition coefficient (Wildman–Crippen LogP) is 5.47. The molecule has 0 amide bonds. The third kappa shape index (κ3) is 3.97. The molecule has 2 rings (SSSR count). The Kier molecular flexibility index (Phi) is 5.01. The number of Topliss-reactive ketones (excluding diaryl/α,β-unsaturated/α-hetero) is 1. The second-order valence-corrected chi connectivity index (χ2v) is 5.22. The molecular formula is C18H17F3O. The molecule has 1 atom stereocenters. The molecule has 0 heterocycles. The van der Waals surface area contributed by atoms with Crippen LogP contribution in [0, 0.1) is 0 Å². The van der Waals surface area contributed by atoms with Crippen LogP contribution in [0.15, 0.2) is 54.6 Å². The lowest BCUT2D eigenvalue weighted by Crippen LogP contribution is -2.08. The van der Waals surface area contributed by atoms with E-state index in [9.17, 15) is 18.0 Å². The number of ketones is 1. The van der Waals surface area contributed by atoms with Gasteiger partial charge in [-0.2, -0.15) is 13.2 Å². The molecule has 116 valence electrons. The number of benzene rings is 2. The molecule has 2 aromatic carbocycles. The fourth-order valence-electron chi connectivity index (χ4n) is 2.41. The van der Waals surface area contributed by atoms with Crippen LogP contribution in [0.25, 0.3) is 0 Å². The first-order chi connectivity index (χ1) is 10.4. The van der Waals surface area contributed by atoms with Crippen LogP contribution in [0.5, 0.6) is 0 Å². The van der Waals surface area contributed by atoms with Gasteiger partial charge in [0.2, 0.25) is 0 Å². The SMILES string of the molecule is CC[C@@H](CC(=O)c1ccccc1)c1ccc(C(F)(F)F)cc1. The number of halogens is 3. The number of hydrogen-bond acceptors (Lipinski definition) is 1. The lowest BCUT2D eigenvalue weighted by atomic mass is 9.89. The summed E-state index contributed by atoms with van der Waals surface area (Å²) < 4.78 is 37.7. The van der Waals surface area contributed by atoms with Crippen LogP contribution < -0.4 is 0 Å². The Morgan fingerprint density at radius 3 is 2.09 bits per heavy atom. The van der Waals surface area contributed by atoms with Gasteiger partial charge in [0.1, 0.15) is 0 Å². The van der Waals surface area contributed by atoms with Crippen LogP contribution in [0.2, 0.25) is 0 Å². The van der Waals surface area contributed by atoms with Crippen molar-refractivity contribution in [3.05, 3.63) is 71.3 Å². The molecule has 0 saturated heterocycles. The highest BCUT2D eigenvalue weighted by Gasteiger charge is 2.30. The Hall–Kier alpha value is -2.10. The Balaban J connectivity index is 2.13. The van der Waals surface area contributed by atoms with Crippen LogP contribution in [0.1, 0.15) is 47.2 Å². The fourth-order valence-corrected chi connectivity index (χ4v) is 2.41. The van der Waals surface area contributed by atoms with E-state index in [4.69, 9.17) is 0 Å². The topological polar surface area (TPSA) is 17.1 Å². The molecule has 0 bridgehead atoms. The van der Waals surface area contributed by atoms with E-state index in [1.807, 2.05) is 13.0 Å². The van der Waals surface area contributed by atoms with Crippen LogP contribution in [0.3, 0.4) is 0 Å². The smallest absolute Gasteiger partial charge is 0.294 e. The van der Waals surface area contributed by atoms with Crippen molar-refractivity contribution in [2.45, 2.75) is 31.9 Å². The van der Waals surface area contributed by atoms with Gasteiger partial charge in [-0.15, -0.1) is 0 Å². The third-order valence-corrected chi connectivity index (χ3v) is 3.73. The molecule has 0 aliphatic heterocycles. The van der Waals surface area contributed by atoms with E-state index in [0.717, 1.165) is 17.7 Å². The van der Waals surface area contributed by atoms with E-state index in [0.29, 0.717) is 18.4 Å². The van der Waals surface area contributed by atoms with E-state index < -0.39 is 11.7 Å². The monoisotopic (exact) mass is 306 g/mol. The first-order valence-corrected chi connectivity index (χ1v) is 7.17. The predicted molar refractivity (Wildman–Crippen MR) is 79.9 cm³/mol. The molecule has 0 saturated carbocycles. The first kappa shape index (κ1) is 16.3. The van der Waals surface area contributed by atoms with Crippen molar-refractivity contribution in [3.63, 3.8) is 0 Å². The molecule has 1 nitrogen and oxygen atoms in total. The molecule has 0 spiro atoms. The number of hydrogen-bond donors (Lipinski definition) is 0. The van der Waals surface area contributed by atoms with E-state index >= 15 is 0 Å². The van der Waals surface area contributed by atoms with Gasteiger partial charge < -0.3 is 0 Å². The maximum atomic E-state index is 12.6. The normalized spacial score (nSPS) is 12.9. The van der Waals surface area contributed by atoms with Crippen molar-refractivity contribution in [1.29, 1.82) is 0 Å². The summed E-state index contributed by atoms with van der Waals surface area (Å²) in [6.45, 7) is 1.93. The first-order valence-electron chi connectivity index (χ1n) is 7.17. The van der Waals surface area contributed by atoms with Crippen LogP contribution in [0.4, 0.5) is 13.2 Å². The molecule has 0 radical (unpaired) electrons. The zero-order valence-corrected chi connectivity index (χ0v) is 12.2. The average Bonchev–Trinajstić information content (AvgIpc) is 2.52. The van der Waals surface area contributed by atoms with Gasteiger partial charge >= 0.3 is 6.18 Å². The molecule has 22 heavy (non-hydrogen) atoms. The molecule has 0 N–H and O–H groups in total. The average molecular weight is 306 g/mol. The summed E-state index contributed by atoms with van der Waals surface area (Å²) >= 11 is 0. The quantitative estimate of drug-likeness (QED) is 0.669. The molecular weight excluding hydrogens is 289 g/mol. The Morgan fingerprint density at radius 2 is 1.59 bits per heavy atom. The van der Waals surface area contributed by atoms with Gasteiger partial charge in [0, 0.05) is 12.0 Å². The molecule has 2 aromatic rings. The number of alkyl halides is 3. The zero-order chi connectivity index (χ0) is 16.2. The van der Waals surface area contributed by atoms with Crippen LogP contribution in [-0.2, 0) is 6.18 Å². The lowest BCUT2D eigenvalue weighted by molar-refractivity contribution is -0.137. The summed E-state index contributed by atoms with van der Waals surface area (Å²) in [4.78, 5) is 12.2. The van der Waals surface area contributed by atoms with Crippen molar-refractivity contribution in [3.8, 4) is 0 Å². The van der Waals surface area contributed by atoms with Crippen molar-refractivity contribution >= 4 is 5.78 Å². The van der Waals surface area contributed by atoms with E-state index in [1.165, 1.54) is 12.1 Å². The van der Waals surface area contributed by atoms with E-state index in [2.05, 4.69) is 0 Å². The molecule has 0 unspecified atom stereocenters. The maximum Gasteiger partial charge on any atom is 0.416 e. The number of rotatable bonds is 5. The van der Waals surface area contributed by atoms with Crippen molar-refractivity contribution < 1.29 is 18.0 Å². The summed E-state index contributed by atoms with van der Waals surface area (Å²) in [7, 11) is 0. The largest absolute Gasteiger partial charge is 0.416 e. The molecule has 0 aliphatic carbocycles. The summed E-state index contributed by atoms with van der Waals surface area (Å²) in [5.74, 6) is -0.0673. The highest BCUT2D eigenvalue weighted by atomic mass is 19.4. The Bertz CT molecular complexity index is 615. The standard InChI is InChI=1S/C18H17F3O/c1-2-13(12-17(22)15-6-4-3-5-7-15)14-8-10-16(11-9-14)18(19,20)21/h3-11,13H,2,12H2,1H3/t13-/m0/s1. The second-order valence-electron chi connectivity index (χ2n) is 5.22. The third-order valence-electron chi connectivity index (χ3n) is 3.73. The minimum atomic E-state index is -4.33. The van der Waals surface area contributed by atoms with Gasteiger partial charge in [-0.1, -0.05) is 49.4 Å². The summed E-state index contributed by atoms with van der Waals surface area (Å²) in [6, 6.07) is 14.0. The van der Waals surface area contributed by atoms with E-state index in [-0.39, 0.29) is 11.7 Å². The highest BCUT2D eigenvalue weighted by Crippen LogP contribution is 2.31. The maximum absolute atomic E-state index is 12.6. The summed E-state index contributed by atoms with van der Waals surface area (Å²) in [5.41, 5.74) is 0.730. The Morgan fingerprint density at radius 1 is 1.00 bits per heavy atom. The highest BCUT2D eigenvalue weighted by molar-refractivity contribution is 5.96. The lowest BCUT2D eigenvalue weighted by Gasteiger charge is -2.16. The Labute approximate surface area is 127 Å². The van der Waals surface area contributed by atoms with Crippen molar-refractivity contribution in [2.75, 3.05) is 0 Å². The van der Waals surface area contributed by atoms with Gasteiger partial charge in [-0.3, -0.25) is 4.79 Å². The molecule has 0 fully saturated rings. The zero-order valence-electron chi connectivity index (χ0n) is 12.2. The number of carbonyl (C=O) groups excluding carboxylic acids is 1. The van der Waals surface area contributed by atoms with Crippen LogP contribution in [-0.4, -0.2) is 5.78 Å². The number of carbonyl (C=O) groups is 1. The summed E-state index contributed by atoms with van der Waals surface area (Å²) in [6.07, 6.45) is -3.34. The van der Waals surface area contributed by atoms with E-state index in [1.54, 1.807) is 24.3 Å². The second kappa shape index (κ2) is 6.77. The molecule has 0 aliphatic rings. The van der Waals surface area contributed by atoms with Gasteiger partial charge in [-0.25, -0.2) is 0 Å². The van der Waals surface area contributed by atoms with Crippen LogP contribution >= 0.6 is 0 Å². The molecule has 0 aromatic heterocycles. The molecule has 4 heteroatoms. The fraction of sp³-hybridized carbons (Fsp3) is 0.278. The minimum Gasteiger partial charge on any atom is -0.294 e. The minimum absolute atomic E-state index is 0.00680.